The van der Waals surface area contributed by atoms with Crippen LogP contribution in [0.15, 0.2) is 18.6 Å². The molecule has 136 valence electrons. The maximum absolute atomic E-state index is 12.9. The monoisotopic (exact) mass is 343 g/mol. The molecule has 1 aromatic rings. The molecule has 3 aliphatic rings. The highest BCUT2D eigenvalue weighted by atomic mass is 16.2. The zero-order valence-electron chi connectivity index (χ0n) is 15.0. The van der Waals surface area contributed by atoms with Crippen LogP contribution in [0.25, 0.3) is 0 Å². The van der Waals surface area contributed by atoms with Crippen molar-refractivity contribution in [3.8, 4) is 0 Å². The van der Waals surface area contributed by atoms with Gasteiger partial charge in [-0.15, -0.1) is 0 Å². The molecule has 1 saturated carbocycles. The predicted octanol–water partition coefficient (Wildman–Crippen LogP) is 1.78. The van der Waals surface area contributed by atoms with Gasteiger partial charge in [-0.2, -0.15) is 0 Å². The number of carbonyl (C=O) groups is 1. The fourth-order valence-electron chi connectivity index (χ4n) is 4.81. The van der Waals surface area contributed by atoms with E-state index in [0.717, 1.165) is 44.5 Å². The number of nitrogens with zero attached hydrogens (tertiary/aromatic N) is 5. The molecule has 0 radical (unpaired) electrons. The number of carbonyl (C=O) groups excluding carboxylic acids is 1. The summed E-state index contributed by atoms with van der Waals surface area (Å²) in [5.74, 6) is 2.05. The van der Waals surface area contributed by atoms with E-state index in [-0.39, 0.29) is 0 Å². The number of aromatic nitrogens is 2. The first kappa shape index (κ1) is 16.8. The highest BCUT2D eigenvalue weighted by Gasteiger charge is 2.36. The lowest BCUT2D eigenvalue weighted by Crippen LogP contribution is -2.55. The SMILES string of the molecule is O=C(CN1CCN(c2cnccn2)CC1)N1CCC[C@@H]2CCCC[C@@H]21. The summed E-state index contributed by atoms with van der Waals surface area (Å²) >= 11 is 0. The van der Waals surface area contributed by atoms with Gasteiger partial charge in [-0.1, -0.05) is 12.8 Å². The van der Waals surface area contributed by atoms with Gasteiger partial charge in [0.15, 0.2) is 0 Å². The standard InChI is InChI=1S/C19H29N5O/c25-19(24-9-3-5-16-4-1-2-6-17(16)24)15-22-10-12-23(13-11-22)18-14-20-7-8-21-18/h7-8,14,16-17H,1-6,9-13,15H2/t16-,17-/m0/s1. The van der Waals surface area contributed by atoms with E-state index in [4.69, 9.17) is 0 Å². The van der Waals surface area contributed by atoms with Crippen LogP contribution in [0.1, 0.15) is 38.5 Å². The molecule has 0 N–H and O–H groups in total. The first-order valence-electron chi connectivity index (χ1n) is 9.84. The van der Waals surface area contributed by atoms with Crippen LogP contribution in [0.5, 0.6) is 0 Å². The van der Waals surface area contributed by atoms with Gasteiger partial charge in [-0.25, -0.2) is 4.98 Å². The highest BCUT2D eigenvalue weighted by molar-refractivity contribution is 5.78. The smallest absolute Gasteiger partial charge is 0.237 e. The minimum Gasteiger partial charge on any atom is -0.353 e. The number of likely N-dealkylation sites (tertiary alicyclic amines) is 1. The van der Waals surface area contributed by atoms with Crippen molar-refractivity contribution in [2.75, 3.05) is 44.2 Å². The molecule has 4 rings (SSSR count). The Morgan fingerprint density at radius 1 is 1.00 bits per heavy atom. The summed E-state index contributed by atoms with van der Waals surface area (Å²) in [6, 6.07) is 0.524. The van der Waals surface area contributed by atoms with Crippen molar-refractivity contribution in [1.82, 2.24) is 19.8 Å². The van der Waals surface area contributed by atoms with E-state index < -0.39 is 0 Å². The molecule has 1 aliphatic carbocycles. The Hall–Kier alpha value is -1.69. The van der Waals surface area contributed by atoms with Gasteiger partial charge < -0.3 is 9.80 Å². The summed E-state index contributed by atoms with van der Waals surface area (Å²) in [7, 11) is 0. The molecule has 2 saturated heterocycles. The molecule has 6 nitrogen and oxygen atoms in total. The lowest BCUT2D eigenvalue weighted by Gasteiger charge is -2.45. The van der Waals surface area contributed by atoms with Crippen molar-refractivity contribution >= 4 is 11.7 Å². The Balaban J connectivity index is 1.30. The van der Waals surface area contributed by atoms with Crippen molar-refractivity contribution in [1.29, 1.82) is 0 Å². The van der Waals surface area contributed by atoms with E-state index in [9.17, 15) is 4.79 Å². The van der Waals surface area contributed by atoms with Crippen LogP contribution in [0.3, 0.4) is 0 Å². The average molecular weight is 343 g/mol. The van der Waals surface area contributed by atoms with E-state index in [1.54, 1.807) is 12.4 Å². The van der Waals surface area contributed by atoms with Crippen molar-refractivity contribution in [2.45, 2.75) is 44.6 Å². The van der Waals surface area contributed by atoms with E-state index in [1.165, 1.54) is 38.5 Å². The van der Waals surface area contributed by atoms with Gasteiger partial charge in [0.1, 0.15) is 5.82 Å². The number of hydrogen-bond acceptors (Lipinski definition) is 5. The molecule has 25 heavy (non-hydrogen) atoms. The highest BCUT2D eigenvalue weighted by Crippen LogP contribution is 2.35. The predicted molar refractivity (Wildman–Crippen MR) is 97.4 cm³/mol. The Bertz CT molecular complexity index is 570. The second kappa shape index (κ2) is 7.68. The van der Waals surface area contributed by atoms with Crippen LogP contribution in [0, 0.1) is 5.92 Å². The summed E-state index contributed by atoms with van der Waals surface area (Å²) in [6.07, 6.45) is 13.0. The number of piperidine rings is 1. The molecule has 2 atom stereocenters. The molecule has 0 spiro atoms. The number of rotatable bonds is 3. The van der Waals surface area contributed by atoms with E-state index in [1.807, 2.05) is 6.20 Å². The maximum atomic E-state index is 12.9. The number of amides is 1. The molecule has 0 bridgehead atoms. The minimum absolute atomic E-state index is 0.351. The topological polar surface area (TPSA) is 52.6 Å². The van der Waals surface area contributed by atoms with Gasteiger partial charge in [-0.05, 0) is 31.6 Å². The number of piperazine rings is 1. The van der Waals surface area contributed by atoms with Crippen molar-refractivity contribution in [3.63, 3.8) is 0 Å². The minimum atomic E-state index is 0.351. The molecule has 0 unspecified atom stereocenters. The Labute approximate surface area is 150 Å². The van der Waals surface area contributed by atoms with Gasteiger partial charge in [0.25, 0.3) is 0 Å². The van der Waals surface area contributed by atoms with Crippen molar-refractivity contribution in [3.05, 3.63) is 18.6 Å². The van der Waals surface area contributed by atoms with Crippen LogP contribution in [-0.4, -0.2) is 71.0 Å². The van der Waals surface area contributed by atoms with Crippen LogP contribution >= 0.6 is 0 Å². The van der Waals surface area contributed by atoms with E-state index in [2.05, 4.69) is 24.7 Å². The molecular formula is C19H29N5O. The summed E-state index contributed by atoms with van der Waals surface area (Å²) in [4.78, 5) is 28.2. The summed E-state index contributed by atoms with van der Waals surface area (Å²) < 4.78 is 0. The van der Waals surface area contributed by atoms with Crippen molar-refractivity contribution < 1.29 is 4.79 Å². The fraction of sp³-hybridized carbons (Fsp3) is 0.737. The largest absolute Gasteiger partial charge is 0.353 e. The quantitative estimate of drug-likeness (QED) is 0.837. The Morgan fingerprint density at radius 2 is 1.80 bits per heavy atom. The first-order valence-corrected chi connectivity index (χ1v) is 9.84. The normalized spacial score (nSPS) is 27.8. The van der Waals surface area contributed by atoms with Gasteiger partial charge in [0, 0.05) is 51.2 Å². The van der Waals surface area contributed by atoms with Gasteiger partial charge in [0.2, 0.25) is 5.91 Å². The molecule has 1 amide bonds. The van der Waals surface area contributed by atoms with E-state index in [0.29, 0.717) is 18.5 Å². The lowest BCUT2D eigenvalue weighted by atomic mass is 9.78. The first-order chi connectivity index (χ1) is 12.3. The van der Waals surface area contributed by atoms with Gasteiger partial charge in [0.05, 0.1) is 12.7 Å². The summed E-state index contributed by atoms with van der Waals surface area (Å²) in [6.45, 7) is 5.22. The van der Waals surface area contributed by atoms with Crippen LogP contribution in [0.2, 0.25) is 0 Å². The summed E-state index contributed by atoms with van der Waals surface area (Å²) in [5, 5.41) is 0. The number of fused-ring (bicyclic) bond motifs is 1. The van der Waals surface area contributed by atoms with Crippen LogP contribution in [0.4, 0.5) is 5.82 Å². The number of hydrogen-bond donors (Lipinski definition) is 0. The third-order valence-electron chi connectivity index (χ3n) is 6.17. The van der Waals surface area contributed by atoms with Crippen molar-refractivity contribution in [2.24, 2.45) is 5.92 Å². The third kappa shape index (κ3) is 3.78. The molecule has 1 aromatic heterocycles. The third-order valence-corrected chi connectivity index (χ3v) is 6.17. The van der Waals surface area contributed by atoms with E-state index >= 15 is 0 Å². The molecule has 6 heteroatoms. The van der Waals surface area contributed by atoms with Gasteiger partial charge in [-0.3, -0.25) is 14.7 Å². The van der Waals surface area contributed by atoms with Gasteiger partial charge >= 0.3 is 0 Å². The molecule has 3 heterocycles. The Kier molecular flexibility index (Phi) is 5.15. The molecule has 0 aromatic carbocycles. The number of anilines is 1. The zero-order valence-corrected chi connectivity index (χ0v) is 15.0. The molecular weight excluding hydrogens is 314 g/mol. The molecule has 2 aliphatic heterocycles. The lowest BCUT2D eigenvalue weighted by molar-refractivity contribution is -0.138. The van der Waals surface area contributed by atoms with Crippen LogP contribution < -0.4 is 4.90 Å². The maximum Gasteiger partial charge on any atom is 0.237 e. The second-order valence-corrected chi connectivity index (χ2v) is 7.67. The summed E-state index contributed by atoms with van der Waals surface area (Å²) in [5.41, 5.74) is 0. The average Bonchev–Trinajstić information content (AvgIpc) is 2.69. The fourth-order valence-corrected chi connectivity index (χ4v) is 4.81. The second-order valence-electron chi connectivity index (χ2n) is 7.67. The van der Waals surface area contributed by atoms with Crippen LogP contribution in [-0.2, 0) is 4.79 Å². The Morgan fingerprint density at radius 3 is 2.60 bits per heavy atom. The zero-order chi connectivity index (χ0) is 17.1. The molecule has 3 fully saturated rings.